The monoisotopic (exact) mass is 274 g/mol. The minimum Gasteiger partial charge on any atom is -0.423 e. The summed E-state index contributed by atoms with van der Waals surface area (Å²) in [6.45, 7) is 0. The van der Waals surface area contributed by atoms with Crippen LogP contribution >= 0.6 is 22.9 Å². The van der Waals surface area contributed by atoms with Gasteiger partial charge in [0.05, 0.1) is 11.0 Å². The van der Waals surface area contributed by atoms with Gasteiger partial charge in [0.25, 0.3) is 5.19 Å². The average molecular weight is 275 g/mol. The highest BCUT2D eigenvalue weighted by molar-refractivity contribution is 7.11. The Balaban J connectivity index is 2.35. The highest BCUT2D eigenvalue weighted by Gasteiger charge is 2.18. The minimum absolute atomic E-state index is 0.0811. The lowest BCUT2D eigenvalue weighted by Gasteiger charge is -2.02. The largest absolute Gasteiger partial charge is 0.423 e. The van der Waals surface area contributed by atoms with Crippen LogP contribution in [0.2, 0.25) is 5.15 Å². The van der Waals surface area contributed by atoms with Crippen LogP contribution in [0.1, 0.15) is 0 Å². The molecular weight excluding hydrogens is 271 g/mol. The predicted molar refractivity (Wildman–Crippen MR) is 60.3 cm³/mol. The van der Waals surface area contributed by atoms with E-state index < -0.39 is 16.4 Å². The summed E-state index contributed by atoms with van der Waals surface area (Å²) in [5.41, 5.74) is -0.462. The van der Waals surface area contributed by atoms with E-state index >= 15 is 0 Å². The Kier molecular flexibility index (Phi) is 3.21. The second-order valence-electron chi connectivity index (χ2n) is 2.91. The van der Waals surface area contributed by atoms with Gasteiger partial charge in [-0.15, -0.1) is 0 Å². The number of halogens is 2. The van der Waals surface area contributed by atoms with Crippen molar-refractivity contribution in [1.29, 1.82) is 0 Å². The maximum atomic E-state index is 12.9. The Morgan fingerprint density at radius 2 is 2.29 bits per heavy atom. The Bertz CT molecular complexity index is 575. The van der Waals surface area contributed by atoms with Crippen molar-refractivity contribution in [2.75, 3.05) is 0 Å². The molecule has 1 heterocycles. The molecule has 0 saturated heterocycles. The summed E-state index contributed by atoms with van der Waals surface area (Å²) < 4.78 is 18.0. The maximum Gasteiger partial charge on any atom is 0.314 e. The van der Waals surface area contributed by atoms with Crippen molar-refractivity contribution in [1.82, 2.24) is 4.98 Å². The van der Waals surface area contributed by atoms with E-state index in [-0.39, 0.29) is 16.1 Å². The third-order valence-electron chi connectivity index (χ3n) is 1.77. The van der Waals surface area contributed by atoms with E-state index in [2.05, 4.69) is 4.98 Å². The molecular formula is C9H4ClFN2O3S. The first kappa shape index (κ1) is 11.7. The molecule has 0 spiro atoms. The fraction of sp³-hybridized carbons (Fsp3) is 0. The highest BCUT2D eigenvalue weighted by atomic mass is 35.5. The van der Waals surface area contributed by atoms with Gasteiger partial charge in [0.2, 0.25) is 5.75 Å². The van der Waals surface area contributed by atoms with Gasteiger partial charge in [-0.1, -0.05) is 22.9 Å². The number of thiazole rings is 1. The molecule has 0 N–H and O–H groups in total. The lowest BCUT2D eigenvalue weighted by Crippen LogP contribution is -1.94. The third-order valence-corrected chi connectivity index (χ3v) is 2.81. The molecule has 0 atom stereocenters. The molecule has 0 aliphatic rings. The van der Waals surface area contributed by atoms with Crippen LogP contribution in [0.5, 0.6) is 10.9 Å². The van der Waals surface area contributed by atoms with Crippen LogP contribution in [0.15, 0.2) is 23.6 Å². The van der Waals surface area contributed by atoms with Crippen molar-refractivity contribution >= 4 is 28.6 Å². The smallest absolute Gasteiger partial charge is 0.314 e. The zero-order chi connectivity index (χ0) is 12.4. The normalized spacial score (nSPS) is 10.2. The first-order valence-electron chi connectivity index (χ1n) is 4.29. The van der Waals surface area contributed by atoms with Crippen LogP contribution in [-0.4, -0.2) is 9.91 Å². The van der Waals surface area contributed by atoms with E-state index in [0.717, 1.165) is 23.5 Å². The summed E-state index contributed by atoms with van der Waals surface area (Å²) in [7, 11) is 0. The zero-order valence-corrected chi connectivity index (χ0v) is 9.67. The summed E-state index contributed by atoms with van der Waals surface area (Å²) in [5.74, 6) is -0.788. The zero-order valence-electron chi connectivity index (χ0n) is 8.09. The van der Waals surface area contributed by atoms with Gasteiger partial charge in [0.15, 0.2) is 0 Å². The Hall–Kier alpha value is -1.73. The highest BCUT2D eigenvalue weighted by Crippen LogP contribution is 2.33. The maximum absolute atomic E-state index is 12.9. The van der Waals surface area contributed by atoms with Crippen molar-refractivity contribution in [3.05, 3.63) is 44.7 Å². The van der Waals surface area contributed by atoms with Crippen molar-refractivity contribution in [3.8, 4) is 10.9 Å². The van der Waals surface area contributed by atoms with Crippen LogP contribution in [0.25, 0.3) is 0 Å². The summed E-state index contributed by atoms with van der Waals surface area (Å²) >= 11 is 6.67. The number of aromatic nitrogens is 1. The summed E-state index contributed by atoms with van der Waals surface area (Å²) in [6.07, 6.45) is 0. The molecule has 0 aliphatic carbocycles. The molecule has 0 amide bonds. The summed E-state index contributed by atoms with van der Waals surface area (Å²) in [4.78, 5) is 13.7. The molecule has 0 unspecified atom stereocenters. The fourth-order valence-electron chi connectivity index (χ4n) is 1.10. The van der Waals surface area contributed by atoms with Crippen LogP contribution in [-0.2, 0) is 0 Å². The molecule has 17 heavy (non-hydrogen) atoms. The summed E-state index contributed by atoms with van der Waals surface area (Å²) in [6, 6.07) is 3.02. The number of nitro benzene ring substituents is 1. The molecule has 2 aromatic rings. The lowest BCUT2D eigenvalue weighted by molar-refractivity contribution is -0.385. The van der Waals surface area contributed by atoms with Crippen molar-refractivity contribution < 1.29 is 14.1 Å². The van der Waals surface area contributed by atoms with Crippen LogP contribution < -0.4 is 4.74 Å². The van der Waals surface area contributed by atoms with E-state index in [1.54, 1.807) is 0 Å². The van der Waals surface area contributed by atoms with Crippen LogP contribution in [0, 0.1) is 15.9 Å². The van der Waals surface area contributed by atoms with E-state index in [1.165, 1.54) is 11.4 Å². The van der Waals surface area contributed by atoms with Crippen LogP contribution in [0.4, 0.5) is 10.1 Å². The Labute approximate surface area is 104 Å². The van der Waals surface area contributed by atoms with Crippen molar-refractivity contribution in [3.63, 3.8) is 0 Å². The van der Waals surface area contributed by atoms with Gasteiger partial charge in [-0.25, -0.2) is 4.39 Å². The predicted octanol–water partition coefficient (Wildman–Crippen LogP) is 3.64. The van der Waals surface area contributed by atoms with Gasteiger partial charge in [0, 0.05) is 5.38 Å². The minimum atomic E-state index is -0.729. The number of hydrogen-bond donors (Lipinski definition) is 0. The first-order valence-corrected chi connectivity index (χ1v) is 5.55. The van der Waals surface area contributed by atoms with Gasteiger partial charge < -0.3 is 4.74 Å². The topological polar surface area (TPSA) is 65.3 Å². The molecule has 2 rings (SSSR count). The molecule has 0 bridgehead atoms. The Morgan fingerprint density at radius 3 is 2.88 bits per heavy atom. The molecule has 88 valence electrons. The lowest BCUT2D eigenvalue weighted by atomic mass is 10.3. The number of nitro groups is 1. The number of rotatable bonds is 3. The van der Waals surface area contributed by atoms with Gasteiger partial charge in [-0.3, -0.25) is 10.1 Å². The standard InChI is InChI=1S/C9H4ClFN2O3S/c10-8-4-17-9(12-8)16-7-2-1-5(11)3-6(7)13(14)15/h1-4H. The molecule has 1 aromatic heterocycles. The van der Waals surface area contributed by atoms with Gasteiger partial charge in [-0.05, 0) is 12.1 Å². The number of hydrogen-bond acceptors (Lipinski definition) is 5. The quantitative estimate of drug-likeness (QED) is 0.633. The molecule has 5 nitrogen and oxygen atoms in total. The number of benzene rings is 1. The Morgan fingerprint density at radius 1 is 1.53 bits per heavy atom. The molecule has 0 aliphatic heterocycles. The second kappa shape index (κ2) is 4.64. The van der Waals surface area contributed by atoms with E-state index in [4.69, 9.17) is 16.3 Å². The summed E-state index contributed by atoms with van der Waals surface area (Å²) in [5, 5.41) is 12.6. The first-order chi connectivity index (χ1) is 8.06. The van der Waals surface area contributed by atoms with E-state index in [9.17, 15) is 14.5 Å². The third kappa shape index (κ3) is 2.69. The molecule has 1 aromatic carbocycles. The van der Waals surface area contributed by atoms with Crippen molar-refractivity contribution in [2.45, 2.75) is 0 Å². The van der Waals surface area contributed by atoms with E-state index in [1.807, 2.05) is 0 Å². The van der Waals surface area contributed by atoms with Gasteiger partial charge >= 0.3 is 5.69 Å². The van der Waals surface area contributed by atoms with Crippen LogP contribution in [0.3, 0.4) is 0 Å². The molecule has 8 heteroatoms. The molecule has 0 fully saturated rings. The molecule has 0 saturated carbocycles. The van der Waals surface area contributed by atoms with Gasteiger partial charge in [-0.2, -0.15) is 4.98 Å². The van der Waals surface area contributed by atoms with Crippen molar-refractivity contribution in [2.24, 2.45) is 0 Å². The van der Waals surface area contributed by atoms with E-state index in [0.29, 0.717) is 0 Å². The molecule has 0 radical (unpaired) electrons. The van der Waals surface area contributed by atoms with Gasteiger partial charge in [0.1, 0.15) is 11.0 Å². The average Bonchev–Trinajstić information content (AvgIpc) is 2.66. The second-order valence-corrected chi connectivity index (χ2v) is 4.12. The number of nitrogens with zero attached hydrogens (tertiary/aromatic N) is 2. The number of ether oxygens (including phenoxy) is 1. The SMILES string of the molecule is O=[N+]([O-])c1cc(F)ccc1Oc1nc(Cl)cs1. The fourth-order valence-corrected chi connectivity index (χ4v) is 1.90.